The van der Waals surface area contributed by atoms with Crippen LogP contribution >= 0.6 is 0 Å². The van der Waals surface area contributed by atoms with Crippen LogP contribution in [0.3, 0.4) is 0 Å². The summed E-state index contributed by atoms with van der Waals surface area (Å²) in [5.41, 5.74) is 1.92. The number of hydrogen-bond donors (Lipinski definition) is 3. The Kier molecular flexibility index (Phi) is 4.46. The van der Waals surface area contributed by atoms with Gasteiger partial charge in [-0.15, -0.1) is 5.10 Å². The number of nitrogens with zero attached hydrogens (tertiary/aromatic N) is 5. The Bertz CT molecular complexity index is 782. The van der Waals surface area contributed by atoms with Crippen LogP contribution in [0.4, 0.5) is 11.5 Å². The van der Waals surface area contributed by atoms with Crippen molar-refractivity contribution >= 4 is 11.5 Å². The number of ether oxygens (including phenoxy) is 1. The molecule has 9 heteroatoms. The summed E-state index contributed by atoms with van der Waals surface area (Å²) in [4.78, 5) is 0. The molecule has 9 nitrogen and oxygen atoms in total. The maximum atomic E-state index is 5.43. The molecule has 0 amide bonds. The summed E-state index contributed by atoms with van der Waals surface area (Å²) in [5.74, 6) is 2.00. The Labute approximate surface area is 144 Å². The van der Waals surface area contributed by atoms with Gasteiger partial charge in [0.05, 0.1) is 5.69 Å². The number of anilines is 2. The predicted molar refractivity (Wildman–Crippen MR) is 90.7 cm³/mol. The van der Waals surface area contributed by atoms with Gasteiger partial charge in [-0.25, -0.2) is 0 Å². The SMILES string of the molecule is c1cc(Oc2nn[nH]n2)ccc1Nc1ccc(CC2CCNC2)nn1. The molecule has 0 saturated carbocycles. The first-order chi connectivity index (χ1) is 12.3. The average Bonchev–Trinajstić information content (AvgIpc) is 3.33. The number of aromatic nitrogens is 6. The van der Waals surface area contributed by atoms with E-state index in [1.807, 2.05) is 36.4 Å². The van der Waals surface area contributed by atoms with Crippen molar-refractivity contribution in [1.82, 2.24) is 36.1 Å². The molecular weight excluding hydrogens is 320 g/mol. The van der Waals surface area contributed by atoms with E-state index in [0.717, 1.165) is 30.9 Å². The number of H-pyrrole nitrogens is 1. The molecule has 1 aliphatic heterocycles. The molecule has 3 aromatic rings. The van der Waals surface area contributed by atoms with Gasteiger partial charge in [0.2, 0.25) is 0 Å². The first kappa shape index (κ1) is 15.5. The van der Waals surface area contributed by atoms with Gasteiger partial charge in [-0.2, -0.15) is 10.3 Å². The third kappa shape index (κ3) is 4.07. The van der Waals surface area contributed by atoms with Gasteiger partial charge in [-0.1, -0.05) is 10.2 Å². The second-order valence-corrected chi connectivity index (χ2v) is 5.92. The van der Waals surface area contributed by atoms with Crippen LogP contribution in [0.1, 0.15) is 12.1 Å². The number of hydrogen-bond acceptors (Lipinski definition) is 8. The van der Waals surface area contributed by atoms with Gasteiger partial charge >= 0.3 is 6.01 Å². The normalized spacial score (nSPS) is 16.7. The lowest BCUT2D eigenvalue weighted by Crippen LogP contribution is -2.11. The van der Waals surface area contributed by atoms with Crippen LogP contribution in [0.25, 0.3) is 0 Å². The van der Waals surface area contributed by atoms with Crippen LogP contribution in [0.15, 0.2) is 36.4 Å². The van der Waals surface area contributed by atoms with Crippen molar-refractivity contribution in [3.05, 3.63) is 42.1 Å². The molecule has 1 unspecified atom stereocenters. The molecule has 2 aromatic heterocycles. The molecule has 1 fully saturated rings. The molecular formula is C16H18N8O. The fraction of sp³-hybridized carbons (Fsp3) is 0.312. The van der Waals surface area contributed by atoms with Gasteiger partial charge in [0, 0.05) is 5.69 Å². The molecule has 1 atom stereocenters. The summed E-state index contributed by atoms with van der Waals surface area (Å²) in [7, 11) is 0. The van der Waals surface area contributed by atoms with Crippen molar-refractivity contribution in [3.8, 4) is 11.8 Å². The zero-order chi connectivity index (χ0) is 16.9. The van der Waals surface area contributed by atoms with E-state index in [1.165, 1.54) is 6.42 Å². The van der Waals surface area contributed by atoms with Crippen LogP contribution in [-0.4, -0.2) is 43.9 Å². The lowest BCUT2D eigenvalue weighted by molar-refractivity contribution is 0.442. The zero-order valence-electron chi connectivity index (χ0n) is 13.5. The zero-order valence-corrected chi connectivity index (χ0v) is 13.5. The van der Waals surface area contributed by atoms with Crippen molar-refractivity contribution in [2.75, 3.05) is 18.4 Å². The number of aromatic amines is 1. The van der Waals surface area contributed by atoms with Crippen molar-refractivity contribution < 1.29 is 4.74 Å². The second-order valence-electron chi connectivity index (χ2n) is 5.92. The van der Waals surface area contributed by atoms with E-state index in [-0.39, 0.29) is 6.01 Å². The van der Waals surface area contributed by atoms with Gasteiger partial charge in [-0.3, -0.25) is 0 Å². The second kappa shape index (κ2) is 7.22. The Balaban J connectivity index is 1.34. The largest absolute Gasteiger partial charge is 0.422 e. The summed E-state index contributed by atoms with van der Waals surface area (Å²) in [6.07, 6.45) is 2.18. The fourth-order valence-electron chi connectivity index (χ4n) is 2.78. The van der Waals surface area contributed by atoms with E-state index in [4.69, 9.17) is 4.74 Å². The molecule has 4 rings (SSSR count). The maximum absolute atomic E-state index is 5.43. The molecule has 1 aliphatic rings. The molecule has 1 saturated heterocycles. The highest BCUT2D eigenvalue weighted by molar-refractivity contribution is 5.56. The Hall–Kier alpha value is -3.07. The molecule has 1 aromatic carbocycles. The monoisotopic (exact) mass is 338 g/mol. The maximum Gasteiger partial charge on any atom is 0.361 e. The lowest BCUT2D eigenvalue weighted by atomic mass is 10.0. The quantitative estimate of drug-likeness (QED) is 0.622. The molecule has 25 heavy (non-hydrogen) atoms. The highest BCUT2D eigenvalue weighted by atomic mass is 16.5. The standard InChI is InChI=1S/C16H18N8O/c1-4-14(25-16-21-23-24-22-16)5-2-12(1)18-15-6-3-13(19-20-15)9-11-7-8-17-10-11/h1-6,11,17H,7-10H2,(H,18,20)(H,21,22,23,24). The van der Waals surface area contributed by atoms with E-state index < -0.39 is 0 Å². The minimum atomic E-state index is 0.180. The summed E-state index contributed by atoms with van der Waals surface area (Å²) in [6, 6.07) is 11.6. The molecule has 3 N–H and O–H groups in total. The van der Waals surface area contributed by atoms with Gasteiger partial charge in [0.25, 0.3) is 0 Å². The smallest absolute Gasteiger partial charge is 0.361 e. The van der Waals surface area contributed by atoms with E-state index in [9.17, 15) is 0 Å². The molecule has 3 heterocycles. The van der Waals surface area contributed by atoms with Gasteiger partial charge in [0.15, 0.2) is 5.82 Å². The number of rotatable bonds is 6. The van der Waals surface area contributed by atoms with Crippen LogP contribution < -0.4 is 15.4 Å². The van der Waals surface area contributed by atoms with Gasteiger partial charge in [-0.05, 0) is 73.5 Å². The topological polar surface area (TPSA) is 114 Å². The minimum Gasteiger partial charge on any atom is -0.422 e. The molecule has 0 spiro atoms. The number of nitrogens with one attached hydrogen (secondary N) is 3. The highest BCUT2D eigenvalue weighted by Gasteiger charge is 2.15. The van der Waals surface area contributed by atoms with Crippen molar-refractivity contribution in [2.45, 2.75) is 12.8 Å². The van der Waals surface area contributed by atoms with Crippen molar-refractivity contribution in [1.29, 1.82) is 0 Å². The molecule has 0 bridgehead atoms. The highest BCUT2D eigenvalue weighted by Crippen LogP contribution is 2.21. The van der Waals surface area contributed by atoms with Crippen molar-refractivity contribution in [3.63, 3.8) is 0 Å². The summed E-state index contributed by atoms with van der Waals surface area (Å²) >= 11 is 0. The Morgan fingerprint density at radius 3 is 2.68 bits per heavy atom. The van der Waals surface area contributed by atoms with Crippen LogP contribution in [0.5, 0.6) is 11.8 Å². The van der Waals surface area contributed by atoms with Crippen molar-refractivity contribution in [2.24, 2.45) is 5.92 Å². The first-order valence-corrected chi connectivity index (χ1v) is 8.17. The lowest BCUT2D eigenvalue weighted by Gasteiger charge is -2.09. The van der Waals surface area contributed by atoms with Crippen LogP contribution in [0, 0.1) is 5.92 Å². The third-order valence-corrected chi connectivity index (χ3v) is 4.04. The first-order valence-electron chi connectivity index (χ1n) is 8.17. The summed E-state index contributed by atoms with van der Waals surface area (Å²) in [5, 5.41) is 28.4. The fourth-order valence-corrected chi connectivity index (χ4v) is 2.78. The molecule has 0 radical (unpaired) electrons. The van der Waals surface area contributed by atoms with Crippen LogP contribution in [0.2, 0.25) is 0 Å². The number of benzene rings is 1. The third-order valence-electron chi connectivity index (χ3n) is 4.04. The van der Waals surface area contributed by atoms with E-state index in [1.54, 1.807) is 0 Å². The van der Waals surface area contributed by atoms with E-state index in [2.05, 4.69) is 41.5 Å². The van der Waals surface area contributed by atoms with Crippen LogP contribution in [-0.2, 0) is 6.42 Å². The molecule has 128 valence electrons. The van der Waals surface area contributed by atoms with Gasteiger partial charge < -0.3 is 15.4 Å². The Morgan fingerprint density at radius 2 is 2.00 bits per heavy atom. The van der Waals surface area contributed by atoms with E-state index in [0.29, 0.717) is 17.5 Å². The average molecular weight is 338 g/mol. The predicted octanol–water partition coefficient (Wildman–Crippen LogP) is 1.68. The summed E-state index contributed by atoms with van der Waals surface area (Å²) in [6.45, 7) is 2.17. The Morgan fingerprint density at radius 1 is 1.08 bits per heavy atom. The number of tetrazole rings is 1. The minimum absolute atomic E-state index is 0.180. The molecule has 0 aliphatic carbocycles. The van der Waals surface area contributed by atoms with Gasteiger partial charge in [0.1, 0.15) is 5.75 Å². The summed E-state index contributed by atoms with van der Waals surface area (Å²) < 4.78 is 5.43. The van der Waals surface area contributed by atoms with E-state index >= 15 is 0 Å².